The van der Waals surface area contributed by atoms with Crippen molar-refractivity contribution in [3.05, 3.63) is 65.2 Å². The Morgan fingerprint density at radius 3 is 2.24 bits per heavy atom. The molecule has 0 heterocycles. The van der Waals surface area contributed by atoms with Gasteiger partial charge in [0.25, 0.3) is 0 Å². The average molecular weight is 486 g/mol. The van der Waals surface area contributed by atoms with Crippen LogP contribution in [-0.2, 0) is 26.2 Å². The summed E-state index contributed by atoms with van der Waals surface area (Å²) in [6, 6.07) is 14.2. The second-order valence-electron chi connectivity index (χ2n) is 9.23. The van der Waals surface area contributed by atoms with Gasteiger partial charge in [0.05, 0.1) is 11.9 Å². The zero-order chi connectivity index (χ0) is 24.9. The summed E-state index contributed by atoms with van der Waals surface area (Å²) in [5.41, 5.74) is 3.17. The molecule has 0 aliphatic heterocycles. The molecule has 0 aromatic heterocycles. The van der Waals surface area contributed by atoms with Crippen LogP contribution in [0.4, 0.5) is 5.69 Å². The molecule has 34 heavy (non-hydrogen) atoms. The van der Waals surface area contributed by atoms with Crippen molar-refractivity contribution in [2.24, 2.45) is 0 Å². The van der Waals surface area contributed by atoms with Crippen molar-refractivity contribution in [2.45, 2.75) is 65.1 Å². The number of rotatable bonds is 9. The van der Waals surface area contributed by atoms with Crippen LogP contribution in [-0.4, -0.2) is 50.0 Å². The van der Waals surface area contributed by atoms with Crippen LogP contribution >= 0.6 is 0 Å². The van der Waals surface area contributed by atoms with Gasteiger partial charge in [-0.1, -0.05) is 60.9 Å². The summed E-state index contributed by atoms with van der Waals surface area (Å²) >= 11 is 0. The van der Waals surface area contributed by atoms with E-state index in [0.29, 0.717) is 5.69 Å². The Morgan fingerprint density at radius 1 is 1.03 bits per heavy atom. The first-order valence-electron chi connectivity index (χ1n) is 11.7. The Balaban J connectivity index is 1.88. The molecular formula is C26H35N3O4S. The van der Waals surface area contributed by atoms with E-state index >= 15 is 0 Å². The van der Waals surface area contributed by atoms with Crippen LogP contribution in [0, 0.1) is 13.8 Å². The Hall–Kier alpha value is -2.87. The van der Waals surface area contributed by atoms with Gasteiger partial charge in [-0.05, 0) is 50.8 Å². The minimum Gasteiger partial charge on any atom is -0.352 e. The molecular weight excluding hydrogens is 450 g/mol. The molecule has 1 aliphatic carbocycles. The monoisotopic (exact) mass is 485 g/mol. The number of hydrogen-bond donors (Lipinski definition) is 1. The molecule has 0 radical (unpaired) electrons. The molecule has 2 amide bonds. The molecule has 8 heteroatoms. The molecule has 1 saturated carbocycles. The second-order valence-corrected chi connectivity index (χ2v) is 11.1. The number of carbonyl (C=O) groups excluding carboxylic acids is 2. The molecule has 0 bridgehead atoms. The van der Waals surface area contributed by atoms with E-state index in [1.54, 1.807) is 32.0 Å². The predicted octanol–water partition coefficient (Wildman–Crippen LogP) is 3.55. The fraction of sp³-hybridized carbons (Fsp3) is 0.462. The molecule has 1 N–H and O–H groups in total. The number of amides is 2. The molecule has 0 unspecified atom stereocenters. The molecule has 0 saturated heterocycles. The standard InChI is InChI=1S/C26H35N3O4S/c1-19-13-15-22(16-14-19)17-28(21(3)26(31)27-23-10-6-7-11-23)25(30)18-29(34(4,32)33)24-12-8-5-9-20(24)2/h5,8-9,12-16,21,23H,6-7,10-11,17-18H2,1-4H3,(H,27,31)/t21-/m0/s1. The van der Waals surface area contributed by atoms with E-state index in [1.165, 1.54) is 4.90 Å². The lowest BCUT2D eigenvalue weighted by Crippen LogP contribution is -2.52. The van der Waals surface area contributed by atoms with Gasteiger partial charge in [-0.25, -0.2) is 8.42 Å². The van der Waals surface area contributed by atoms with E-state index < -0.39 is 22.0 Å². The third-order valence-corrected chi connectivity index (χ3v) is 7.53. The lowest BCUT2D eigenvalue weighted by molar-refractivity contribution is -0.139. The van der Waals surface area contributed by atoms with E-state index in [1.807, 2.05) is 37.3 Å². The Morgan fingerprint density at radius 2 is 1.65 bits per heavy atom. The van der Waals surface area contributed by atoms with E-state index in [2.05, 4.69) is 5.32 Å². The number of sulfonamides is 1. The summed E-state index contributed by atoms with van der Waals surface area (Å²) in [4.78, 5) is 28.1. The topological polar surface area (TPSA) is 86.8 Å². The molecule has 7 nitrogen and oxygen atoms in total. The number of nitrogens with zero attached hydrogens (tertiary/aromatic N) is 2. The van der Waals surface area contributed by atoms with Crippen LogP contribution in [0.3, 0.4) is 0 Å². The lowest BCUT2D eigenvalue weighted by atomic mass is 10.1. The van der Waals surface area contributed by atoms with Crippen LogP contribution in [0.25, 0.3) is 0 Å². The van der Waals surface area contributed by atoms with Crippen LogP contribution in [0.5, 0.6) is 0 Å². The smallest absolute Gasteiger partial charge is 0.244 e. The number of hydrogen-bond acceptors (Lipinski definition) is 4. The Bertz CT molecular complexity index is 1110. The van der Waals surface area contributed by atoms with Gasteiger partial charge in [0.2, 0.25) is 21.8 Å². The van der Waals surface area contributed by atoms with Gasteiger partial charge in [0, 0.05) is 12.6 Å². The molecule has 1 atom stereocenters. The zero-order valence-electron chi connectivity index (χ0n) is 20.5. The molecule has 1 aliphatic rings. The highest BCUT2D eigenvalue weighted by molar-refractivity contribution is 7.92. The normalized spacial score (nSPS) is 15.1. The van der Waals surface area contributed by atoms with Crippen molar-refractivity contribution in [1.29, 1.82) is 0 Å². The lowest BCUT2D eigenvalue weighted by Gasteiger charge is -2.32. The molecule has 2 aromatic rings. The summed E-state index contributed by atoms with van der Waals surface area (Å²) in [6.45, 7) is 5.32. The van der Waals surface area contributed by atoms with Gasteiger partial charge in [0.1, 0.15) is 12.6 Å². The van der Waals surface area contributed by atoms with Crippen LogP contribution in [0.15, 0.2) is 48.5 Å². The number of para-hydroxylation sites is 1. The maximum atomic E-state index is 13.6. The van der Waals surface area contributed by atoms with E-state index in [4.69, 9.17) is 0 Å². The van der Waals surface area contributed by atoms with Crippen molar-refractivity contribution >= 4 is 27.5 Å². The van der Waals surface area contributed by atoms with E-state index in [-0.39, 0.29) is 25.0 Å². The van der Waals surface area contributed by atoms with Gasteiger partial charge in [0.15, 0.2) is 0 Å². The summed E-state index contributed by atoms with van der Waals surface area (Å²) in [7, 11) is -3.73. The largest absolute Gasteiger partial charge is 0.352 e. The van der Waals surface area contributed by atoms with Crippen molar-refractivity contribution in [1.82, 2.24) is 10.2 Å². The molecule has 2 aromatic carbocycles. The fourth-order valence-corrected chi connectivity index (χ4v) is 5.21. The highest BCUT2D eigenvalue weighted by Crippen LogP contribution is 2.23. The minimum atomic E-state index is -3.73. The zero-order valence-corrected chi connectivity index (χ0v) is 21.3. The van der Waals surface area contributed by atoms with Gasteiger partial charge < -0.3 is 10.2 Å². The SMILES string of the molecule is Cc1ccc(CN(C(=O)CN(c2ccccc2C)S(C)(=O)=O)[C@@H](C)C(=O)NC2CCCC2)cc1. The highest BCUT2D eigenvalue weighted by Gasteiger charge is 2.31. The Labute approximate surface area is 203 Å². The fourth-order valence-electron chi connectivity index (χ4n) is 4.30. The number of benzene rings is 2. The van der Waals surface area contributed by atoms with Gasteiger partial charge in [-0.15, -0.1) is 0 Å². The highest BCUT2D eigenvalue weighted by atomic mass is 32.2. The van der Waals surface area contributed by atoms with Gasteiger partial charge in [-0.3, -0.25) is 13.9 Å². The van der Waals surface area contributed by atoms with E-state index in [0.717, 1.165) is 52.9 Å². The number of anilines is 1. The molecule has 184 valence electrons. The summed E-state index contributed by atoms with van der Waals surface area (Å²) in [6.07, 6.45) is 5.16. The average Bonchev–Trinajstić information content (AvgIpc) is 3.29. The van der Waals surface area contributed by atoms with Crippen molar-refractivity contribution < 1.29 is 18.0 Å². The first kappa shape index (κ1) is 25.7. The molecule has 0 spiro atoms. The first-order valence-corrected chi connectivity index (χ1v) is 13.6. The maximum absolute atomic E-state index is 13.6. The maximum Gasteiger partial charge on any atom is 0.244 e. The number of aryl methyl sites for hydroxylation is 2. The van der Waals surface area contributed by atoms with Crippen LogP contribution < -0.4 is 9.62 Å². The van der Waals surface area contributed by atoms with Crippen molar-refractivity contribution in [2.75, 3.05) is 17.1 Å². The molecule has 3 rings (SSSR count). The first-order chi connectivity index (χ1) is 16.1. The van der Waals surface area contributed by atoms with Crippen molar-refractivity contribution in [3.63, 3.8) is 0 Å². The predicted molar refractivity (Wildman–Crippen MR) is 135 cm³/mol. The van der Waals surface area contributed by atoms with E-state index in [9.17, 15) is 18.0 Å². The van der Waals surface area contributed by atoms with Crippen molar-refractivity contribution in [3.8, 4) is 0 Å². The van der Waals surface area contributed by atoms with Crippen LogP contribution in [0.1, 0.15) is 49.3 Å². The van der Waals surface area contributed by atoms with Crippen LogP contribution in [0.2, 0.25) is 0 Å². The quantitative estimate of drug-likeness (QED) is 0.589. The number of carbonyl (C=O) groups is 2. The summed E-state index contributed by atoms with van der Waals surface area (Å²) < 4.78 is 26.4. The molecule has 1 fully saturated rings. The van der Waals surface area contributed by atoms with Gasteiger partial charge in [-0.2, -0.15) is 0 Å². The Kier molecular flexibility index (Phi) is 8.36. The summed E-state index contributed by atoms with van der Waals surface area (Å²) in [5, 5.41) is 3.07. The second kappa shape index (κ2) is 11.0. The third kappa shape index (κ3) is 6.59. The number of nitrogens with one attached hydrogen (secondary N) is 1. The summed E-state index contributed by atoms with van der Waals surface area (Å²) in [5.74, 6) is -0.641. The minimum absolute atomic E-state index is 0.130. The van der Waals surface area contributed by atoms with Gasteiger partial charge >= 0.3 is 0 Å². The third-order valence-electron chi connectivity index (χ3n) is 6.41.